The maximum absolute atomic E-state index is 12.3. The van der Waals surface area contributed by atoms with Crippen LogP contribution in [0.3, 0.4) is 0 Å². The van der Waals surface area contributed by atoms with Gasteiger partial charge in [-0.05, 0) is 23.1 Å². The van der Waals surface area contributed by atoms with Crippen LogP contribution in [0.5, 0.6) is 0 Å². The van der Waals surface area contributed by atoms with E-state index in [1.807, 2.05) is 41.8 Å². The van der Waals surface area contributed by atoms with E-state index in [4.69, 9.17) is 4.74 Å². The third-order valence-corrected chi connectivity index (χ3v) is 4.84. The van der Waals surface area contributed by atoms with Crippen molar-refractivity contribution in [2.24, 2.45) is 0 Å². The van der Waals surface area contributed by atoms with Crippen molar-refractivity contribution < 1.29 is 9.53 Å². The lowest BCUT2D eigenvalue weighted by Crippen LogP contribution is -2.42. The molecule has 1 saturated heterocycles. The van der Waals surface area contributed by atoms with Crippen LogP contribution >= 0.6 is 11.3 Å². The third-order valence-electron chi connectivity index (χ3n) is 4.01. The molecule has 0 aliphatic carbocycles. The van der Waals surface area contributed by atoms with Gasteiger partial charge in [-0.2, -0.15) is 0 Å². The van der Waals surface area contributed by atoms with Gasteiger partial charge in [0.15, 0.2) is 0 Å². The fourth-order valence-corrected chi connectivity index (χ4v) is 3.34. The maximum Gasteiger partial charge on any atom is 0.244 e. The summed E-state index contributed by atoms with van der Waals surface area (Å²) in [6.07, 6.45) is 3.47. The first-order valence-electron chi connectivity index (χ1n) is 8.18. The van der Waals surface area contributed by atoms with Crippen molar-refractivity contribution in [1.29, 1.82) is 0 Å². The Morgan fingerprint density at radius 3 is 2.71 bits per heavy atom. The van der Waals surface area contributed by atoms with Gasteiger partial charge < -0.3 is 10.1 Å². The van der Waals surface area contributed by atoms with E-state index in [0.717, 1.165) is 43.3 Å². The van der Waals surface area contributed by atoms with Crippen LogP contribution in [0.15, 0.2) is 53.9 Å². The highest BCUT2D eigenvalue weighted by atomic mass is 32.1. The van der Waals surface area contributed by atoms with Gasteiger partial charge in [0.2, 0.25) is 5.91 Å². The molecular weight excluding hydrogens is 320 g/mol. The number of morpholine rings is 1. The third kappa shape index (κ3) is 5.03. The summed E-state index contributed by atoms with van der Waals surface area (Å²) < 4.78 is 5.41. The largest absolute Gasteiger partial charge is 0.379 e. The Kier molecular flexibility index (Phi) is 6.18. The zero-order chi connectivity index (χ0) is 16.6. The van der Waals surface area contributed by atoms with Crippen LogP contribution in [0.25, 0.3) is 6.08 Å². The van der Waals surface area contributed by atoms with Gasteiger partial charge >= 0.3 is 0 Å². The van der Waals surface area contributed by atoms with Crippen molar-refractivity contribution in [1.82, 2.24) is 10.2 Å². The second kappa shape index (κ2) is 8.78. The van der Waals surface area contributed by atoms with E-state index in [0.29, 0.717) is 0 Å². The van der Waals surface area contributed by atoms with Crippen LogP contribution in [-0.4, -0.2) is 43.7 Å². The lowest BCUT2D eigenvalue weighted by atomic mass is 10.1. The molecule has 0 unspecified atom stereocenters. The Morgan fingerprint density at radius 2 is 2.00 bits per heavy atom. The summed E-state index contributed by atoms with van der Waals surface area (Å²) in [5.74, 6) is -0.0643. The summed E-state index contributed by atoms with van der Waals surface area (Å²) in [6.45, 7) is 4.13. The zero-order valence-corrected chi connectivity index (χ0v) is 14.4. The number of nitrogens with one attached hydrogen (secondary N) is 1. The number of ether oxygens (including phenoxy) is 1. The number of benzene rings is 1. The van der Waals surface area contributed by atoms with Crippen molar-refractivity contribution in [2.75, 3.05) is 32.8 Å². The highest BCUT2D eigenvalue weighted by molar-refractivity contribution is 7.10. The van der Waals surface area contributed by atoms with Crippen molar-refractivity contribution in [3.63, 3.8) is 0 Å². The van der Waals surface area contributed by atoms with Crippen molar-refractivity contribution >= 4 is 23.3 Å². The highest BCUT2D eigenvalue weighted by Crippen LogP contribution is 2.16. The Bertz CT molecular complexity index is 649. The van der Waals surface area contributed by atoms with E-state index in [-0.39, 0.29) is 11.9 Å². The number of hydrogen-bond acceptors (Lipinski definition) is 4. The summed E-state index contributed by atoms with van der Waals surface area (Å²) in [7, 11) is 0. The molecule has 0 spiro atoms. The smallest absolute Gasteiger partial charge is 0.244 e. The van der Waals surface area contributed by atoms with Gasteiger partial charge in [-0.25, -0.2) is 0 Å². The van der Waals surface area contributed by atoms with Gasteiger partial charge in [-0.15, -0.1) is 11.3 Å². The molecule has 0 bridgehead atoms. The molecule has 1 aromatic carbocycles. The Hall–Kier alpha value is -1.95. The van der Waals surface area contributed by atoms with Crippen LogP contribution < -0.4 is 5.32 Å². The van der Waals surface area contributed by atoms with Crippen LogP contribution in [0, 0.1) is 0 Å². The molecule has 24 heavy (non-hydrogen) atoms. The van der Waals surface area contributed by atoms with Crippen LogP contribution in [-0.2, 0) is 9.53 Å². The number of thiophene rings is 1. The Labute approximate surface area is 146 Å². The standard InChI is InChI=1S/C19H22N2O2S/c22-19(9-8-17-7-4-14-24-17)20-18(16-5-2-1-3-6-16)15-21-10-12-23-13-11-21/h1-9,14,18H,10-13,15H2,(H,20,22)/b9-8+/t18-/m0/s1. The second-order valence-electron chi connectivity index (χ2n) is 5.73. The lowest BCUT2D eigenvalue weighted by molar-refractivity contribution is -0.117. The van der Waals surface area contributed by atoms with E-state index in [1.165, 1.54) is 0 Å². The fourth-order valence-electron chi connectivity index (χ4n) is 2.73. The van der Waals surface area contributed by atoms with Gasteiger partial charge in [0, 0.05) is 30.6 Å². The molecule has 3 rings (SSSR count). The summed E-state index contributed by atoms with van der Waals surface area (Å²) in [4.78, 5) is 15.7. The molecule has 126 valence electrons. The molecule has 4 nitrogen and oxygen atoms in total. The molecule has 1 atom stereocenters. The molecule has 1 fully saturated rings. The SMILES string of the molecule is O=C(/C=C/c1cccs1)N[C@@H](CN1CCOCC1)c1ccccc1. The Balaban J connectivity index is 1.66. The molecule has 5 heteroatoms. The van der Waals surface area contributed by atoms with E-state index >= 15 is 0 Å². The fraction of sp³-hybridized carbons (Fsp3) is 0.316. The van der Waals surface area contributed by atoms with Gasteiger partial charge in [-0.3, -0.25) is 9.69 Å². The number of carbonyl (C=O) groups is 1. The molecule has 1 aromatic heterocycles. The number of carbonyl (C=O) groups excluding carboxylic acids is 1. The normalized spacial score (nSPS) is 17.0. The van der Waals surface area contributed by atoms with E-state index < -0.39 is 0 Å². The highest BCUT2D eigenvalue weighted by Gasteiger charge is 2.19. The number of hydrogen-bond donors (Lipinski definition) is 1. The summed E-state index contributed by atoms with van der Waals surface area (Å²) in [6, 6.07) is 14.1. The quantitative estimate of drug-likeness (QED) is 0.821. The van der Waals surface area contributed by atoms with Crippen LogP contribution in [0.4, 0.5) is 0 Å². The molecule has 0 radical (unpaired) electrons. The maximum atomic E-state index is 12.3. The van der Waals surface area contributed by atoms with E-state index in [1.54, 1.807) is 17.4 Å². The van der Waals surface area contributed by atoms with E-state index in [9.17, 15) is 4.79 Å². The molecule has 1 N–H and O–H groups in total. The minimum absolute atomic E-state index is 0.0233. The number of nitrogens with zero attached hydrogens (tertiary/aromatic N) is 1. The number of rotatable bonds is 6. The minimum atomic E-state index is -0.0643. The Morgan fingerprint density at radius 1 is 1.21 bits per heavy atom. The zero-order valence-electron chi connectivity index (χ0n) is 13.6. The molecule has 2 heterocycles. The summed E-state index contributed by atoms with van der Waals surface area (Å²) >= 11 is 1.62. The average molecular weight is 342 g/mol. The monoisotopic (exact) mass is 342 g/mol. The molecular formula is C19H22N2O2S. The van der Waals surface area contributed by atoms with Gasteiger partial charge in [0.25, 0.3) is 0 Å². The summed E-state index contributed by atoms with van der Waals surface area (Å²) in [5, 5.41) is 5.14. The molecule has 1 amide bonds. The molecule has 2 aromatic rings. The van der Waals surface area contributed by atoms with Crippen molar-refractivity contribution in [2.45, 2.75) is 6.04 Å². The molecule has 0 saturated carbocycles. The average Bonchev–Trinajstić information content (AvgIpc) is 3.15. The lowest BCUT2D eigenvalue weighted by Gasteiger charge is -2.31. The first kappa shape index (κ1) is 16.9. The second-order valence-corrected chi connectivity index (χ2v) is 6.71. The summed E-state index contributed by atoms with van der Waals surface area (Å²) in [5.41, 5.74) is 1.13. The first-order valence-corrected chi connectivity index (χ1v) is 9.06. The van der Waals surface area contributed by atoms with Crippen LogP contribution in [0.2, 0.25) is 0 Å². The van der Waals surface area contributed by atoms with Crippen molar-refractivity contribution in [3.05, 3.63) is 64.4 Å². The first-order chi connectivity index (χ1) is 11.8. The van der Waals surface area contributed by atoms with Gasteiger partial charge in [0.05, 0.1) is 19.3 Å². The molecule has 1 aliphatic rings. The predicted octanol–water partition coefficient (Wildman–Crippen LogP) is 2.95. The van der Waals surface area contributed by atoms with Crippen LogP contribution in [0.1, 0.15) is 16.5 Å². The predicted molar refractivity (Wildman–Crippen MR) is 97.9 cm³/mol. The van der Waals surface area contributed by atoms with E-state index in [2.05, 4.69) is 22.3 Å². The topological polar surface area (TPSA) is 41.6 Å². The van der Waals surface area contributed by atoms with Crippen molar-refractivity contribution in [3.8, 4) is 0 Å². The molecule has 1 aliphatic heterocycles. The van der Waals surface area contributed by atoms with Gasteiger partial charge in [-0.1, -0.05) is 36.4 Å². The number of amides is 1. The minimum Gasteiger partial charge on any atom is -0.379 e. The van der Waals surface area contributed by atoms with Gasteiger partial charge in [0.1, 0.15) is 0 Å².